The van der Waals surface area contributed by atoms with Crippen molar-refractivity contribution in [3.63, 3.8) is 0 Å². The minimum absolute atomic E-state index is 0.0355. The Bertz CT molecular complexity index is 879. The molecule has 0 saturated heterocycles. The van der Waals surface area contributed by atoms with Gasteiger partial charge in [0.15, 0.2) is 11.5 Å². The van der Waals surface area contributed by atoms with Gasteiger partial charge in [0.2, 0.25) is 16.9 Å². The molecule has 1 aliphatic rings. The van der Waals surface area contributed by atoms with E-state index >= 15 is 0 Å². The molecule has 0 radical (unpaired) electrons. The van der Waals surface area contributed by atoms with Crippen LogP contribution in [0.5, 0.6) is 11.5 Å². The van der Waals surface area contributed by atoms with Gasteiger partial charge in [-0.1, -0.05) is 39.0 Å². The Morgan fingerprint density at radius 2 is 1.76 bits per heavy atom. The van der Waals surface area contributed by atoms with Gasteiger partial charge in [-0.25, -0.2) is 8.57 Å². The third kappa shape index (κ3) is 4.12. The molecule has 134 valence electrons. The molecule has 6 heteroatoms. The summed E-state index contributed by atoms with van der Waals surface area (Å²) < 4.78 is 41.1. The number of benzene rings is 2. The van der Waals surface area contributed by atoms with Gasteiger partial charge in [-0.15, -0.1) is 3.89 Å². The first-order valence-corrected chi connectivity index (χ1v) is 9.59. The first kappa shape index (κ1) is 17.7. The molecule has 0 fully saturated rings. The van der Waals surface area contributed by atoms with Gasteiger partial charge in [0.1, 0.15) is 0 Å². The van der Waals surface area contributed by atoms with Gasteiger partial charge in [-0.2, -0.15) is 0 Å². The molecule has 0 N–H and O–H groups in total. The summed E-state index contributed by atoms with van der Waals surface area (Å²) >= 11 is 0. The Balaban J connectivity index is 1.70. The first-order valence-electron chi connectivity index (χ1n) is 8.17. The quantitative estimate of drug-likeness (QED) is 0.742. The molecular weight excluding hydrogens is 341 g/mol. The lowest BCUT2D eigenvalue weighted by atomic mass is 9.87. The monoisotopic (exact) mass is 363 g/mol. The summed E-state index contributed by atoms with van der Waals surface area (Å²) in [7, 11) is -3.89. The second-order valence-electron chi connectivity index (χ2n) is 7.02. The van der Waals surface area contributed by atoms with Crippen LogP contribution in [-0.2, 0) is 22.0 Å². The number of fused-ring (bicyclic) bond motifs is 1. The number of ether oxygens (including phenoxy) is 2. The number of hydrogen-bond acceptors (Lipinski definition) is 4. The first-order chi connectivity index (χ1) is 11.8. The largest absolute Gasteiger partial charge is 0.454 e. The second-order valence-corrected chi connectivity index (χ2v) is 8.67. The zero-order valence-corrected chi connectivity index (χ0v) is 15.4. The molecule has 3 rings (SSSR count). The summed E-state index contributed by atoms with van der Waals surface area (Å²) in [5.74, 6) is 1.38. The van der Waals surface area contributed by atoms with Gasteiger partial charge in [-0.05, 0) is 47.2 Å². The summed E-state index contributed by atoms with van der Waals surface area (Å²) in [5, 5.41) is 0. The standard InChI is InChI=1S/C19H22FNO3S/c1-19(2,3)15-5-7-16(8-6-15)25(20,22)21-11-10-14-4-9-17-18(12-14)24-13-23-17/h4-9,12H,10-11,13H2,1-3H3/t25-/m1/s1. The highest BCUT2D eigenvalue weighted by atomic mass is 32.3. The molecule has 2 aromatic carbocycles. The molecule has 0 saturated carbocycles. The van der Waals surface area contributed by atoms with Crippen LogP contribution in [0.15, 0.2) is 51.7 Å². The van der Waals surface area contributed by atoms with E-state index < -0.39 is 10.1 Å². The topological polar surface area (TPSA) is 47.9 Å². The van der Waals surface area contributed by atoms with E-state index in [0.29, 0.717) is 17.9 Å². The van der Waals surface area contributed by atoms with Crippen molar-refractivity contribution in [2.24, 2.45) is 4.36 Å². The SMILES string of the molecule is CC(C)(C)c1ccc([S@@](=O)(F)=NCCc2ccc3c(c2)OCO3)cc1. The minimum Gasteiger partial charge on any atom is -0.454 e. The van der Waals surface area contributed by atoms with Crippen molar-refractivity contribution in [2.45, 2.75) is 37.5 Å². The molecule has 0 aromatic heterocycles. The Labute approximate surface area is 148 Å². The number of halogens is 1. The van der Waals surface area contributed by atoms with Crippen LogP contribution < -0.4 is 9.47 Å². The lowest BCUT2D eigenvalue weighted by Crippen LogP contribution is -2.10. The molecule has 25 heavy (non-hydrogen) atoms. The van der Waals surface area contributed by atoms with Crippen LogP contribution in [-0.4, -0.2) is 17.5 Å². The van der Waals surface area contributed by atoms with Gasteiger partial charge in [0.05, 0.1) is 11.4 Å². The van der Waals surface area contributed by atoms with E-state index in [0.717, 1.165) is 11.1 Å². The van der Waals surface area contributed by atoms with Crippen molar-refractivity contribution in [3.05, 3.63) is 53.6 Å². The number of hydrogen-bond donors (Lipinski definition) is 0. The van der Waals surface area contributed by atoms with Crippen molar-refractivity contribution in [1.82, 2.24) is 0 Å². The van der Waals surface area contributed by atoms with Gasteiger partial charge in [-0.3, -0.25) is 0 Å². The van der Waals surface area contributed by atoms with E-state index in [-0.39, 0.29) is 23.6 Å². The van der Waals surface area contributed by atoms with E-state index in [4.69, 9.17) is 9.47 Å². The highest BCUT2D eigenvalue weighted by Crippen LogP contribution is 2.32. The fraction of sp³-hybridized carbons (Fsp3) is 0.368. The van der Waals surface area contributed by atoms with Crippen molar-refractivity contribution in [3.8, 4) is 11.5 Å². The highest BCUT2D eigenvalue weighted by molar-refractivity contribution is 7.88. The van der Waals surface area contributed by atoms with Gasteiger partial charge in [0.25, 0.3) is 0 Å². The number of rotatable bonds is 4. The van der Waals surface area contributed by atoms with E-state index in [1.54, 1.807) is 12.1 Å². The predicted molar refractivity (Wildman–Crippen MR) is 96.2 cm³/mol. The normalized spacial score (nSPS) is 15.7. The second kappa shape index (κ2) is 6.67. The average molecular weight is 363 g/mol. The van der Waals surface area contributed by atoms with Crippen LogP contribution in [0.25, 0.3) is 0 Å². The summed E-state index contributed by atoms with van der Waals surface area (Å²) in [6, 6.07) is 12.3. The zero-order valence-electron chi connectivity index (χ0n) is 14.6. The van der Waals surface area contributed by atoms with Crippen molar-refractivity contribution >= 4 is 10.1 Å². The molecule has 0 unspecified atom stereocenters. The lowest BCUT2D eigenvalue weighted by molar-refractivity contribution is 0.174. The average Bonchev–Trinajstić information content (AvgIpc) is 3.02. The Hall–Kier alpha value is -2.08. The Morgan fingerprint density at radius 3 is 2.44 bits per heavy atom. The molecule has 0 amide bonds. The summed E-state index contributed by atoms with van der Waals surface area (Å²) in [5.41, 5.74) is 1.96. The Kier molecular flexibility index (Phi) is 4.73. The third-order valence-electron chi connectivity index (χ3n) is 4.11. The van der Waals surface area contributed by atoms with Crippen LogP contribution in [0.2, 0.25) is 0 Å². The van der Waals surface area contributed by atoms with E-state index in [1.807, 2.05) is 30.3 Å². The van der Waals surface area contributed by atoms with E-state index in [9.17, 15) is 8.09 Å². The smallest absolute Gasteiger partial charge is 0.231 e. The summed E-state index contributed by atoms with van der Waals surface area (Å²) in [4.78, 5) is 0.117. The molecule has 4 nitrogen and oxygen atoms in total. The van der Waals surface area contributed by atoms with Crippen LogP contribution >= 0.6 is 0 Å². The Morgan fingerprint density at radius 1 is 1.08 bits per heavy atom. The fourth-order valence-electron chi connectivity index (χ4n) is 2.59. The maximum absolute atomic E-state index is 14.5. The minimum atomic E-state index is -3.89. The summed E-state index contributed by atoms with van der Waals surface area (Å²) in [6.45, 7) is 6.57. The van der Waals surface area contributed by atoms with Crippen LogP contribution in [0.3, 0.4) is 0 Å². The van der Waals surface area contributed by atoms with Crippen LogP contribution in [0.1, 0.15) is 31.9 Å². The molecule has 1 heterocycles. The third-order valence-corrected chi connectivity index (χ3v) is 5.47. The molecular formula is C19H22FNO3S. The zero-order chi connectivity index (χ0) is 18.1. The molecule has 1 atom stereocenters. The van der Waals surface area contributed by atoms with Crippen LogP contribution in [0, 0.1) is 0 Å². The predicted octanol–water partition coefficient (Wildman–Crippen LogP) is 4.67. The van der Waals surface area contributed by atoms with Gasteiger partial charge in [0, 0.05) is 0 Å². The van der Waals surface area contributed by atoms with E-state index in [2.05, 4.69) is 25.1 Å². The fourth-order valence-corrected chi connectivity index (χ4v) is 3.53. The van der Waals surface area contributed by atoms with Crippen molar-refractivity contribution < 1.29 is 17.6 Å². The van der Waals surface area contributed by atoms with Crippen LogP contribution in [0.4, 0.5) is 3.89 Å². The molecule has 0 spiro atoms. The van der Waals surface area contributed by atoms with E-state index in [1.165, 1.54) is 0 Å². The van der Waals surface area contributed by atoms with Gasteiger partial charge < -0.3 is 9.47 Å². The molecule has 1 aliphatic heterocycles. The molecule has 0 aliphatic carbocycles. The highest BCUT2D eigenvalue weighted by Gasteiger charge is 2.16. The molecule has 2 aromatic rings. The maximum atomic E-state index is 14.5. The van der Waals surface area contributed by atoms with Gasteiger partial charge >= 0.3 is 0 Å². The lowest BCUT2D eigenvalue weighted by Gasteiger charge is -2.18. The number of nitrogens with zero attached hydrogens (tertiary/aromatic N) is 1. The maximum Gasteiger partial charge on any atom is 0.231 e. The van der Waals surface area contributed by atoms with Crippen molar-refractivity contribution in [2.75, 3.05) is 13.3 Å². The molecule has 0 bridgehead atoms. The summed E-state index contributed by atoms with van der Waals surface area (Å²) in [6.07, 6.45) is 0.484. The van der Waals surface area contributed by atoms with Crippen molar-refractivity contribution in [1.29, 1.82) is 0 Å².